The summed E-state index contributed by atoms with van der Waals surface area (Å²) in [4.78, 5) is 13.0. The van der Waals surface area contributed by atoms with Gasteiger partial charge in [0.05, 0.1) is 0 Å². The van der Waals surface area contributed by atoms with Crippen LogP contribution < -0.4 is 4.90 Å². The molecule has 2 atom stereocenters. The van der Waals surface area contributed by atoms with Crippen LogP contribution in [-0.2, 0) is 4.79 Å². The van der Waals surface area contributed by atoms with E-state index in [1.807, 2.05) is 30.0 Å². The van der Waals surface area contributed by atoms with Gasteiger partial charge in [-0.1, -0.05) is 32.0 Å². The number of nitrogens with zero attached hydrogens (tertiary/aromatic N) is 1. The summed E-state index contributed by atoms with van der Waals surface area (Å²) in [6.45, 7) is 6.49. The number of thioether (sulfide) groups is 1. The summed E-state index contributed by atoms with van der Waals surface area (Å²) in [5.74, 6) is -0.911. The van der Waals surface area contributed by atoms with Gasteiger partial charge in [0.1, 0.15) is 0 Å². The first-order valence-corrected chi connectivity index (χ1v) is 7.41. The smallest absolute Gasteiger partial charge is 0.328 e. The Morgan fingerprint density at radius 1 is 1.32 bits per heavy atom. The molecule has 0 amide bonds. The van der Waals surface area contributed by atoms with Crippen molar-refractivity contribution < 1.29 is 9.90 Å². The van der Waals surface area contributed by atoms with E-state index in [1.54, 1.807) is 6.08 Å². The fourth-order valence-electron chi connectivity index (χ4n) is 2.45. The van der Waals surface area contributed by atoms with Gasteiger partial charge in [-0.05, 0) is 17.7 Å². The third-order valence-corrected chi connectivity index (χ3v) is 4.33. The van der Waals surface area contributed by atoms with Gasteiger partial charge in [0.15, 0.2) is 0 Å². The largest absolute Gasteiger partial charge is 0.478 e. The maximum Gasteiger partial charge on any atom is 0.328 e. The predicted octanol–water partition coefficient (Wildman–Crippen LogP) is 3.11. The van der Waals surface area contributed by atoms with E-state index in [0.29, 0.717) is 10.5 Å². The zero-order chi connectivity index (χ0) is 13.8. The molecule has 1 heterocycles. The maximum absolute atomic E-state index is 10.7. The van der Waals surface area contributed by atoms with Crippen molar-refractivity contribution in [1.29, 1.82) is 0 Å². The molecule has 2 rings (SSSR count). The molecule has 1 saturated heterocycles. The highest BCUT2D eigenvalue weighted by Gasteiger charge is 2.23. The molecule has 0 bridgehead atoms. The highest BCUT2D eigenvalue weighted by Crippen LogP contribution is 2.30. The van der Waals surface area contributed by atoms with E-state index in [4.69, 9.17) is 5.11 Å². The van der Waals surface area contributed by atoms with E-state index < -0.39 is 5.97 Å². The monoisotopic (exact) mass is 277 g/mol. The number of benzene rings is 1. The van der Waals surface area contributed by atoms with Gasteiger partial charge in [0, 0.05) is 35.4 Å². The molecule has 2 unspecified atom stereocenters. The molecular formula is C15H19NO2S. The summed E-state index contributed by atoms with van der Waals surface area (Å²) >= 11 is 2.01. The summed E-state index contributed by atoms with van der Waals surface area (Å²) in [5.41, 5.74) is 2.09. The fraction of sp³-hybridized carbons (Fsp3) is 0.400. The van der Waals surface area contributed by atoms with Crippen molar-refractivity contribution in [2.75, 3.05) is 18.0 Å². The maximum atomic E-state index is 10.7. The molecule has 0 radical (unpaired) electrons. The summed E-state index contributed by atoms with van der Waals surface area (Å²) in [6.07, 6.45) is 2.87. The van der Waals surface area contributed by atoms with Gasteiger partial charge in [-0.3, -0.25) is 0 Å². The van der Waals surface area contributed by atoms with E-state index in [2.05, 4.69) is 24.8 Å². The molecule has 1 aliphatic rings. The van der Waals surface area contributed by atoms with Crippen LogP contribution in [0.3, 0.4) is 0 Å². The number of hydrogen-bond donors (Lipinski definition) is 1. The molecule has 0 aliphatic carbocycles. The molecule has 0 saturated carbocycles. The first-order valence-electron chi connectivity index (χ1n) is 6.46. The molecule has 1 N–H and O–H groups in total. The molecular weight excluding hydrogens is 258 g/mol. The van der Waals surface area contributed by atoms with Crippen LogP contribution >= 0.6 is 11.8 Å². The lowest BCUT2D eigenvalue weighted by molar-refractivity contribution is -0.131. The van der Waals surface area contributed by atoms with E-state index in [-0.39, 0.29) is 0 Å². The van der Waals surface area contributed by atoms with Crippen molar-refractivity contribution in [3.05, 3.63) is 35.9 Å². The van der Waals surface area contributed by atoms with Gasteiger partial charge in [-0.15, -0.1) is 0 Å². The van der Waals surface area contributed by atoms with E-state index >= 15 is 0 Å². The molecule has 4 heteroatoms. The van der Waals surface area contributed by atoms with Crippen molar-refractivity contribution in [1.82, 2.24) is 0 Å². The number of aliphatic carboxylic acids is 1. The zero-order valence-corrected chi connectivity index (χ0v) is 12.1. The highest BCUT2D eigenvalue weighted by molar-refractivity contribution is 8.00. The van der Waals surface area contributed by atoms with Gasteiger partial charge in [-0.2, -0.15) is 11.8 Å². The standard InChI is InChI=1S/C15H19NO2S/c1-11-9-16(10-12(2)19-11)14-6-4-3-5-13(14)7-8-15(17)18/h3-8,11-12H,9-10H2,1-2H3,(H,17,18). The summed E-state index contributed by atoms with van der Waals surface area (Å²) in [7, 11) is 0. The summed E-state index contributed by atoms with van der Waals surface area (Å²) < 4.78 is 0. The number of rotatable bonds is 3. The molecule has 3 nitrogen and oxygen atoms in total. The number of para-hydroxylation sites is 1. The first-order chi connectivity index (χ1) is 9.06. The average molecular weight is 277 g/mol. The van der Waals surface area contributed by atoms with Crippen molar-refractivity contribution >= 4 is 29.5 Å². The predicted molar refractivity (Wildman–Crippen MR) is 81.8 cm³/mol. The molecule has 102 valence electrons. The van der Waals surface area contributed by atoms with Crippen LogP contribution in [-0.4, -0.2) is 34.7 Å². The number of anilines is 1. The second kappa shape index (κ2) is 6.15. The Hall–Kier alpha value is -1.42. The van der Waals surface area contributed by atoms with Gasteiger partial charge >= 0.3 is 5.97 Å². The number of carbonyl (C=O) groups is 1. The number of carboxylic acids is 1. The molecule has 1 fully saturated rings. The minimum atomic E-state index is -0.911. The van der Waals surface area contributed by atoms with Crippen LogP contribution in [0.15, 0.2) is 30.3 Å². The molecule has 1 aliphatic heterocycles. The Kier molecular flexibility index (Phi) is 4.53. The molecule has 19 heavy (non-hydrogen) atoms. The number of carboxylic acid groups (broad SMARTS) is 1. The topological polar surface area (TPSA) is 40.5 Å². The molecule has 0 spiro atoms. The van der Waals surface area contributed by atoms with Crippen LogP contribution in [0.5, 0.6) is 0 Å². The lowest BCUT2D eigenvalue weighted by atomic mass is 10.1. The van der Waals surface area contributed by atoms with E-state index in [1.165, 1.54) is 6.08 Å². The Bertz CT molecular complexity index is 477. The lowest BCUT2D eigenvalue weighted by Crippen LogP contribution is -2.40. The van der Waals surface area contributed by atoms with Crippen LogP contribution in [0.2, 0.25) is 0 Å². The highest BCUT2D eigenvalue weighted by atomic mass is 32.2. The van der Waals surface area contributed by atoms with Crippen LogP contribution in [0, 0.1) is 0 Å². The molecule has 1 aromatic carbocycles. The Morgan fingerprint density at radius 2 is 1.95 bits per heavy atom. The second-order valence-electron chi connectivity index (χ2n) is 4.89. The number of hydrogen-bond acceptors (Lipinski definition) is 3. The third kappa shape index (κ3) is 3.77. The minimum Gasteiger partial charge on any atom is -0.478 e. The summed E-state index contributed by atoms with van der Waals surface area (Å²) in [6, 6.07) is 7.98. The Morgan fingerprint density at radius 3 is 2.58 bits per heavy atom. The third-order valence-electron chi connectivity index (χ3n) is 3.10. The Labute approximate surface area is 118 Å². The zero-order valence-electron chi connectivity index (χ0n) is 11.2. The average Bonchev–Trinajstić information content (AvgIpc) is 2.35. The van der Waals surface area contributed by atoms with Crippen molar-refractivity contribution in [2.24, 2.45) is 0 Å². The normalized spacial score (nSPS) is 23.8. The van der Waals surface area contributed by atoms with Crippen molar-refractivity contribution in [3.63, 3.8) is 0 Å². The van der Waals surface area contributed by atoms with Crippen molar-refractivity contribution in [2.45, 2.75) is 24.3 Å². The minimum absolute atomic E-state index is 0.597. The van der Waals surface area contributed by atoms with Gasteiger partial charge in [0.2, 0.25) is 0 Å². The second-order valence-corrected chi connectivity index (χ2v) is 6.77. The van der Waals surface area contributed by atoms with Crippen molar-refractivity contribution in [3.8, 4) is 0 Å². The Balaban J connectivity index is 2.26. The van der Waals surface area contributed by atoms with Crippen LogP contribution in [0.1, 0.15) is 19.4 Å². The van der Waals surface area contributed by atoms with Gasteiger partial charge in [-0.25, -0.2) is 4.79 Å². The van der Waals surface area contributed by atoms with Crippen LogP contribution in [0.4, 0.5) is 5.69 Å². The summed E-state index contributed by atoms with van der Waals surface area (Å²) in [5, 5.41) is 9.95. The van der Waals surface area contributed by atoms with Gasteiger partial charge in [0.25, 0.3) is 0 Å². The SMILES string of the molecule is CC1CN(c2ccccc2C=CC(=O)O)CC(C)S1. The quantitative estimate of drug-likeness (QED) is 0.862. The molecule has 1 aromatic rings. The van der Waals surface area contributed by atoms with Gasteiger partial charge < -0.3 is 10.0 Å². The molecule has 0 aromatic heterocycles. The fourth-order valence-corrected chi connectivity index (χ4v) is 3.78. The van der Waals surface area contributed by atoms with Crippen LogP contribution in [0.25, 0.3) is 6.08 Å². The van der Waals surface area contributed by atoms with E-state index in [9.17, 15) is 4.79 Å². The van der Waals surface area contributed by atoms with E-state index in [0.717, 1.165) is 24.3 Å². The first kappa shape index (κ1) is 14.0. The lowest BCUT2D eigenvalue weighted by Gasteiger charge is -2.37.